The first-order valence-electron chi connectivity index (χ1n) is 9.03. The summed E-state index contributed by atoms with van der Waals surface area (Å²) in [5.74, 6) is 0. The predicted octanol–water partition coefficient (Wildman–Crippen LogP) is 3.41. The van der Waals surface area contributed by atoms with E-state index >= 15 is 0 Å². The first kappa shape index (κ1) is 17.8. The van der Waals surface area contributed by atoms with E-state index in [1.807, 2.05) is 71.3 Å². The summed E-state index contributed by atoms with van der Waals surface area (Å²) in [6.07, 6.45) is 3.69. The van der Waals surface area contributed by atoms with Gasteiger partial charge in [-0.25, -0.2) is 0 Å². The lowest BCUT2D eigenvalue weighted by atomic mass is 9.75. The van der Waals surface area contributed by atoms with Crippen LogP contribution in [0.25, 0.3) is 21.9 Å². The van der Waals surface area contributed by atoms with Crippen LogP contribution in [-0.2, 0) is 16.4 Å². The molecule has 27 heavy (non-hydrogen) atoms. The number of aromatic nitrogens is 2. The third kappa shape index (κ3) is 2.84. The highest BCUT2D eigenvalue weighted by Crippen LogP contribution is 2.37. The normalized spacial score (nSPS) is 18.0. The Morgan fingerprint density at radius 1 is 1.11 bits per heavy atom. The molecule has 1 aliphatic rings. The highest BCUT2D eigenvalue weighted by molar-refractivity contribution is 6.65. The fourth-order valence-electron chi connectivity index (χ4n) is 3.42. The second kappa shape index (κ2) is 5.95. The van der Waals surface area contributed by atoms with Crippen LogP contribution in [0.3, 0.4) is 0 Å². The molecule has 1 saturated heterocycles. The van der Waals surface area contributed by atoms with Crippen molar-refractivity contribution >= 4 is 23.4 Å². The molecule has 0 N–H and O–H groups in total. The van der Waals surface area contributed by atoms with Crippen LogP contribution in [0.4, 0.5) is 0 Å². The second-order valence-electron chi connectivity index (χ2n) is 8.07. The molecule has 0 bridgehead atoms. The minimum Gasteiger partial charge on any atom is -0.399 e. The van der Waals surface area contributed by atoms with Crippen LogP contribution < -0.4 is 5.46 Å². The van der Waals surface area contributed by atoms with Gasteiger partial charge in [0.15, 0.2) is 0 Å². The van der Waals surface area contributed by atoms with Crippen molar-refractivity contribution in [3.05, 3.63) is 48.3 Å². The molecule has 5 nitrogen and oxygen atoms in total. The van der Waals surface area contributed by atoms with Crippen LogP contribution in [0.1, 0.15) is 33.3 Å². The molecule has 0 atom stereocenters. The fourth-order valence-corrected chi connectivity index (χ4v) is 3.42. The Kier molecular flexibility index (Phi) is 3.92. The zero-order valence-electron chi connectivity index (χ0n) is 16.3. The molecule has 0 aliphatic carbocycles. The average molecular weight is 359 g/mol. The molecule has 1 aliphatic heterocycles. The molecule has 0 spiro atoms. The molecule has 2 heterocycles. The molecule has 136 valence electrons. The van der Waals surface area contributed by atoms with Gasteiger partial charge >= 0.3 is 7.12 Å². The van der Waals surface area contributed by atoms with Crippen molar-refractivity contribution in [3.8, 4) is 17.2 Å². The minimum absolute atomic E-state index is 0.409. The second-order valence-corrected chi connectivity index (χ2v) is 8.07. The van der Waals surface area contributed by atoms with Crippen molar-refractivity contribution in [1.29, 1.82) is 5.26 Å². The van der Waals surface area contributed by atoms with Gasteiger partial charge in [-0.1, -0.05) is 18.2 Å². The SMILES string of the molecule is Cn1cc(-c2cc3cccc(B4OC(C)(C)C(C)(C)O4)c3cc2C#N)cn1. The van der Waals surface area contributed by atoms with Gasteiger partial charge in [-0.3, -0.25) is 4.68 Å². The van der Waals surface area contributed by atoms with Gasteiger partial charge in [0, 0.05) is 24.4 Å². The number of hydrogen-bond donors (Lipinski definition) is 0. The molecule has 0 amide bonds. The Morgan fingerprint density at radius 2 is 1.81 bits per heavy atom. The largest absolute Gasteiger partial charge is 0.495 e. The van der Waals surface area contributed by atoms with E-state index in [1.54, 1.807) is 10.9 Å². The summed E-state index contributed by atoms with van der Waals surface area (Å²) in [5.41, 5.74) is 2.54. The maximum absolute atomic E-state index is 9.73. The van der Waals surface area contributed by atoms with Crippen molar-refractivity contribution < 1.29 is 9.31 Å². The summed E-state index contributed by atoms with van der Waals surface area (Å²) in [4.78, 5) is 0. The van der Waals surface area contributed by atoms with Crippen LogP contribution in [0.15, 0.2) is 42.7 Å². The smallest absolute Gasteiger partial charge is 0.399 e. The molecule has 2 aromatic carbocycles. The van der Waals surface area contributed by atoms with Crippen molar-refractivity contribution in [2.24, 2.45) is 7.05 Å². The number of benzene rings is 2. The monoisotopic (exact) mass is 359 g/mol. The summed E-state index contributed by atoms with van der Waals surface area (Å²) >= 11 is 0. The van der Waals surface area contributed by atoms with E-state index in [0.717, 1.165) is 27.4 Å². The molecule has 0 unspecified atom stereocenters. The van der Waals surface area contributed by atoms with Crippen molar-refractivity contribution in [2.75, 3.05) is 0 Å². The van der Waals surface area contributed by atoms with Crippen LogP contribution in [0, 0.1) is 11.3 Å². The van der Waals surface area contributed by atoms with Crippen LogP contribution in [-0.4, -0.2) is 28.1 Å². The standard InChI is InChI=1S/C21H22BN3O2/c1-20(2)21(3,4)27-22(26-20)19-8-6-7-14-9-17(15(11-23)10-18(14)19)16-12-24-25(5)13-16/h6-10,12-13H,1-5H3. The number of hydrogen-bond acceptors (Lipinski definition) is 4. The molecule has 0 radical (unpaired) electrons. The Bertz CT molecular complexity index is 1060. The van der Waals surface area contributed by atoms with Gasteiger partial charge < -0.3 is 9.31 Å². The van der Waals surface area contributed by atoms with E-state index < -0.39 is 18.3 Å². The zero-order chi connectivity index (χ0) is 19.4. The summed E-state index contributed by atoms with van der Waals surface area (Å²) in [5, 5.41) is 16.0. The van der Waals surface area contributed by atoms with Gasteiger partial charge in [-0.15, -0.1) is 0 Å². The number of aryl methyl sites for hydroxylation is 1. The highest BCUT2D eigenvalue weighted by atomic mass is 16.7. The third-order valence-electron chi connectivity index (χ3n) is 5.70. The van der Waals surface area contributed by atoms with Crippen molar-refractivity contribution in [2.45, 2.75) is 38.9 Å². The number of fused-ring (bicyclic) bond motifs is 1. The van der Waals surface area contributed by atoms with Gasteiger partial charge in [0.05, 0.1) is 29.0 Å². The predicted molar refractivity (Wildman–Crippen MR) is 107 cm³/mol. The Labute approximate surface area is 159 Å². The topological polar surface area (TPSA) is 60.1 Å². The van der Waals surface area contributed by atoms with Gasteiger partial charge in [0.2, 0.25) is 0 Å². The van der Waals surface area contributed by atoms with E-state index in [4.69, 9.17) is 9.31 Å². The summed E-state index contributed by atoms with van der Waals surface area (Å²) < 4.78 is 14.2. The van der Waals surface area contributed by atoms with Gasteiger partial charge in [-0.2, -0.15) is 10.4 Å². The van der Waals surface area contributed by atoms with E-state index in [9.17, 15) is 5.26 Å². The van der Waals surface area contributed by atoms with Crippen LogP contribution >= 0.6 is 0 Å². The third-order valence-corrected chi connectivity index (χ3v) is 5.70. The lowest BCUT2D eigenvalue weighted by Gasteiger charge is -2.32. The molecule has 4 rings (SSSR count). The summed E-state index contributed by atoms with van der Waals surface area (Å²) in [6.45, 7) is 8.16. The van der Waals surface area contributed by atoms with Crippen molar-refractivity contribution in [3.63, 3.8) is 0 Å². The van der Waals surface area contributed by atoms with Gasteiger partial charge in [0.1, 0.15) is 0 Å². The average Bonchev–Trinajstić information content (AvgIpc) is 3.13. The molecular weight excluding hydrogens is 337 g/mol. The zero-order valence-corrected chi connectivity index (χ0v) is 16.3. The van der Waals surface area contributed by atoms with E-state index in [2.05, 4.69) is 11.2 Å². The molecule has 1 aromatic heterocycles. The number of rotatable bonds is 2. The molecule has 1 fully saturated rings. The molecule has 6 heteroatoms. The van der Waals surface area contributed by atoms with Crippen molar-refractivity contribution in [1.82, 2.24) is 9.78 Å². The maximum Gasteiger partial charge on any atom is 0.495 e. The Balaban J connectivity index is 1.87. The Morgan fingerprint density at radius 3 is 2.41 bits per heavy atom. The van der Waals surface area contributed by atoms with E-state index in [-0.39, 0.29) is 0 Å². The highest BCUT2D eigenvalue weighted by Gasteiger charge is 2.52. The van der Waals surface area contributed by atoms with Gasteiger partial charge in [-0.05, 0) is 56.1 Å². The van der Waals surface area contributed by atoms with E-state index in [1.165, 1.54) is 0 Å². The van der Waals surface area contributed by atoms with Gasteiger partial charge in [0.25, 0.3) is 0 Å². The van der Waals surface area contributed by atoms with Crippen LogP contribution in [0.5, 0.6) is 0 Å². The maximum atomic E-state index is 9.73. The lowest BCUT2D eigenvalue weighted by molar-refractivity contribution is 0.00578. The Hall–Kier alpha value is -2.62. The lowest BCUT2D eigenvalue weighted by Crippen LogP contribution is -2.41. The number of nitrogens with zero attached hydrogens (tertiary/aromatic N) is 3. The minimum atomic E-state index is -0.463. The molecule has 3 aromatic rings. The first-order chi connectivity index (χ1) is 12.7. The molecule has 0 saturated carbocycles. The van der Waals surface area contributed by atoms with Crippen LogP contribution in [0.2, 0.25) is 0 Å². The summed E-state index contributed by atoms with van der Waals surface area (Å²) in [7, 11) is 1.40. The fraction of sp³-hybridized carbons (Fsp3) is 0.333. The number of nitriles is 1. The summed E-state index contributed by atoms with van der Waals surface area (Å²) in [6, 6.07) is 12.4. The molecular formula is C21H22BN3O2. The van der Waals surface area contributed by atoms with E-state index in [0.29, 0.717) is 5.56 Å². The quantitative estimate of drug-likeness (QED) is 0.658. The first-order valence-corrected chi connectivity index (χ1v) is 9.03.